The number of carbonyl (C=O) groups is 1. The fraction of sp³-hybridized carbons (Fsp3) is 0.111. The highest BCUT2D eigenvalue weighted by Crippen LogP contribution is 2.24. The molecule has 0 bridgehead atoms. The lowest BCUT2D eigenvalue weighted by atomic mass is 10.3. The second-order valence-corrected chi connectivity index (χ2v) is 4.75. The predicted molar refractivity (Wildman–Crippen MR) is 61.2 cm³/mol. The number of amides is 1. The molecule has 1 unspecified atom stereocenters. The molecule has 1 heterocycles. The zero-order valence-electron chi connectivity index (χ0n) is 8.89. The molecule has 0 saturated carbocycles. The van der Waals surface area contributed by atoms with Crippen LogP contribution >= 0.6 is 0 Å². The normalized spacial score (nSPS) is 19.4. The first kappa shape index (κ1) is 12.3. The van der Waals surface area contributed by atoms with E-state index < -0.39 is 22.1 Å². The van der Waals surface area contributed by atoms with Crippen molar-refractivity contribution in [2.75, 3.05) is 0 Å². The third-order valence-corrected chi connectivity index (χ3v) is 2.99. The molecule has 94 valence electrons. The highest BCUT2D eigenvalue weighted by molar-refractivity contribution is 7.86. The van der Waals surface area contributed by atoms with Gasteiger partial charge in [0.1, 0.15) is 10.6 Å². The second-order valence-electron chi connectivity index (χ2n) is 3.36. The molecule has 0 radical (unpaired) electrons. The molecule has 9 heteroatoms. The van der Waals surface area contributed by atoms with Crippen LogP contribution in [-0.2, 0) is 14.9 Å². The molecular formula is C9H8N4O4S. The van der Waals surface area contributed by atoms with E-state index in [-0.39, 0.29) is 10.6 Å². The molecule has 2 N–H and O–H groups in total. The molecule has 1 aromatic rings. The summed E-state index contributed by atoms with van der Waals surface area (Å²) in [5.74, 6) is -0.455. The average Bonchev–Trinajstić information content (AvgIpc) is 2.71. The van der Waals surface area contributed by atoms with Crippen LogP contribution in [-0.4, -0.2) is 31.1 Å². The molecule has 1 aromatic carbocycles. The summed E-state index contributed by atoms with van der Waals surface area (Å²) in [7, 11) is -4.38. The van der Waals surface area contributed by atoms with E-state index in [1.807, 2.05) is 0 Å². The first-order chi connectivity index (χ1) is 8.48. The summed E-state index contributed by atoms with van der Waals surface area (Å²) in [5.41, 5.74) is 2.11. The van der Waals surface area contributed by atoms with Gasteiger partial charge in [-0.2, -0.15) is 23.7 Å². The molecule has 0 aromatic heterocycles. The van der Waals surface area contributed by atoms with Gasteiger partial charge in [-0.05, 0) is 12.1 Å². The SMILES string of the molecule is O=C1NN=CC1N=Nc1ccccc1S(=O)(=O)O. The van der Waals surface area contributed by atoms with Gasteiger partial charge in [0.25, 0.3) is 16.0 Å². The van der Waals surface area contributed by atoms with Crippen molar-refractivity contribution < 1.29 is 17.8 Å². The van der Waals surface area contributed by atoms with Crippen LogP contribution in [0.25, 0.3) is 0 Å². The Balaban J connectivity index is 2.32. The highest BCUT2D eigenvalue weighted by Gasteiger charge is 2.20. The summed E-state index contributed by atoms with van der Waals surface area (Å²) in [4.78, 5) is 10.7. The number of hydrogen-bond acceptors (Lipinski definition) is 6. The van der Waals surface area contributed by atoms with Gasteiger partial charge < -0.3 is 0 Å². The van der Waals surface area contributed by atoms with Crippen molar-refractivity contribution in [1.82, 2.24) is 5.43 Å². The molecule has 2 rings (SSSR count). The lowest BCUT2D eigenvalue weighted by molar-refractivity contribution is -0.120. The maximum atomic E-state index is 11.1. The van der Waals surface area contributed by atoms with Gasteiger partial charge in [0.15, 0.2) is 6.04 Å². The van der Waals surface area contributed by atoms with Crippen LogP contribution in [0.5, 0.6) is 0 Å². The quantitative estimate of drug-likeness (QED) is 0.612. The Morgan fingerprint density at radius 2 is 2.06 bits per heavy atom. The minimum atomic E-state index is -4.38. The Bertz CT molecular complexity index is 638. The Morgan fingerprint density at radius 1 is 1.33 bits per heavy atom. The maximum absolute atomic E-state index is 11.1. The van der Waals surface area contributed by atoms with Crippen LogP contribution < -0.4 is 5.43 Å². The third kappa shape index (κ3) is 2.57. The Hall–Kier alpha value is -2.13. The fourth-order valence-corrected chi connectivity index (χ4v) is 1.89. The molecule has 1 atom stereocenters. The summed E-state index contributed by atoms with van der Waals surface area (Å²) >= 11 is 0. The number of carbonyl (C=O) groups excluding carboxylic acids is 1. The predicted octanol–water partition coefficient (Wildman–Crippen LogP) is 0.501. The monoisotopic (exact) mass is 268 g/mol. The van der Waals surface area contributed by atoms with Crippen LogP contribution in [0.15, 0.2) is 44.5 Å². The Labute approximate surface area is 102 Å². The molecule has 0 aliphatic carbocycles. The molecule has 0 saturated heterocycles. The van der Waals surface area contributed by atoms with Crippen molar-refractivity contribution in [2.24, 2.45) is 15.3 Å². The smallest absolute Gasteiger partial charge is 0.282 e. The first-order valence-electron chi connectivity index (χ1n) is 4.79. The Morgan fingerprint density at radius 3 is 2.67 bits per heavy atom. The van der Waals surface area contributed by atoms with Gasteiger partial charge in [-0.15, -0.1) is 0 Å². The minimum absolute atomic E-state index is 0.0481. The third-order valence-electron chi connectivity index (χ3n) is 2.09. The molecule has 0 fully saturated rings. The van der Waals surface area contributed by atoms with E-state index in [0.29, 0.717) is 0 Å². The van der Waals surface area contributed by atoms with Crippen molar-refractivity contribution >= 4 is 27.9 Å². The number of nitrogens with one attached hydrogen (secondary N) is 1. The zero-order chi connectivity index (χ0) is 13.2. The summed E-state index contributed by atoms with van der Waals surface area (Å²) in [6, 6.07) is 4.63. The van der Waals surface area contributed by atoms with Crippen LogP contribution in [0.3, 0.4) is 0 Å². The van der Waals surface area contributed by atoms with Crippen LogP contribution in [0.1, 0.15) is 0 Å². The standard InChI is InChI=1S/C9H8N4O4S/c14-9-7(5-10-13-9)12-11-6-3-1-2-4-8(6)18(15,16)17/h1-5,7H,(H,13,14)(H,15,16,17). The van der Waals surface area contributed by atoms with Gasteiger partial charge >= 0.3 is 0 Å². The van der Waals surface area contributed by atoms with Gasteiger partial charge in [0, 0.05) is 0 Å². The second kappa shape index (κ2) is 4.63. The molecule has 1 aliphatic heterocycles. The summed E-state index contributed by atoms with van der Waals surface area (Å²) in [6.45, 7) is 0. The summed E-state index contributed by atoms with van der Waals surface area (Å²) < 4.78 is 31.1. The van der Waals surface area contributed by atoms with Crippen molar-refractivity contribution in [3.05, 3.63) is 24.3 Å². The van der Waals surface area contributed by atoms with Gasteiger partial charge in [0.2, 0.25) is 0 Å². The fourth-order valence-electron chi connectivity index (χ4n) is 1.27. The van der Waals surface area contributed by atoms with Crippen LogP contribution in [0.4, 0.5) is 5.69 Å². The zero-order valence-corrected chi connectivity index (χ0v) is 9.70. The highest BCUT2D eigenvalue weighted by atomic mass is 32.2. The van der Waals surface area contributed by atoms with E-state index in [1.54, 1.807) is 0 Å². The number of benzene rings is 1. The number of nitrogens with zero attached hydrogens (tertiary/aromatic N) is 3. The Kier molecular flexibility index (Phi) is 3.17. The minimum Gasteiger partial charge on any atom is -0.282 e. The number of hydrogen-bond donors (Lipinski definition) is 2. The van der Waals surface area contributed by atoms with Crippen molar-refractivity contribution in [3.63, 3.8) is 0 Å². The molecule has 18 heavy (non-hydrogen) atoms. The van der Waals surface area contributed by atoms with Gasteiger partial charge in [-0.25, -0.2) is 5.43 Å². The molecule has 1 amide bonds. The average molecular weight is 268 g/mol. The van der Waals surface area contributed by atoms with Gasteiger partial charge in [0.05, 0.1) is 6.21 Å². The molecule has 0 spiro atoms. The number of azo groups is 1. The molecular weight excluding hydrogens is 260 g/mol. The first-order valence-corrected chi connectivity index (χ1v) is 6.23. The van der Waals surface area contributed by atoms with Crippen LogP contribution in [0.2, 0.25) is 0 Å². The number of rotatable bonds is 3. The van der Waals surface area contributed by atoms with Crippen molar-refractivity contribution in [2.45, 2.75) is 10.9 Å². The molecule has 1 aliphatic rings. The lowest BCUT2D eigenvalue weighted by Crippen LogP contribution is -2.22. The van der Waals surface area contributed by atoms with E-state index in [2.05, 4.69) is 20.8 Å². The van der Waals surface area contributed by atoms with E-state index in [0.717, 1.165) is 0 Å². The summed E-state index contributed by atoms with van der Waals surface area (Å²) in [6.07, 6.45) is 1.24. The van der Waals surface area contributed by atoms with Gasteiger partial charge in [-0.3, -0.25) is 9.35 Å². The summed E-state index contributed by atoms with van der Waals surface area (Å²) in [5, 5.41) is 10.8. The topological polar surface area (TPSA) is 121 Å². The van der Waals surface area contributed by atoms with Crippen molar-refractivity contribution in [3.8, 4) is 0 Å². The van der Waals surface area contributed by atoms with E-state index in [4.69, 9.17) is 4.55 Å². The van der Waals surface area contributed by atoms with Gasteiger partial charge in [-0.1, -0.05) is 12.1 Å². The van der Waals surface area contributed by atoms with E-state index in [1.165, 1.54) is 30.5 Å². The lowest BCUT2D eigenvalue weighted by Gasteiger charge is -2.01. The number of hydrazone groups is 1. The van der Waals surface area contributed by atoms with Crippen molar-refractivity contribution in [1.29, 1.82) is 0 Å². The van der Waals surface area contributed by atoms with Crippen LogP contribution in [0, 0.1) is 0 Å². The van der Waals surface area contributed by atoms with E-state index in [9.17, 15) is 13.2 Å². The molecule has 8 nitrogen and oxygen atoms in total. The largest absolute Gasteiger partial charge is 0.296 e. The van der Waals surface area contributed by atoms with E-state index >= 15 is 0 Å². The maximum Gasteiger partial charge on any atom is 0.296 e.